The van der Waals surface area contributed by atoms with E-state index in [0.29, 0.717) is 21.6 Å². The van der Waals surface area contributed by atoms with Crippen LogP contribution in [0, 0.1) is 19.8 Å². The third kappa shape index (κ3) is 4.20. The number of aryl methyl sites for hydroxylation is 2. The summed E-state index contributed by atoms with van der Waals surface area (Å²) in [5, 5.41) is 0.879. The standard InChI is InChI=1S/C22H21ClO5/c1-12(2)11-26-22(25)28-21-19(24)17-9-13(3)14(4)10-18(17)27-20(21)15-5-7-16(23)8-6-15/h5-10,12H,11H2,1-4H3. The highest BCUT2D eigenvalue weighted by Gasteiger charge is 2.22. The van der Waals surface area contributed by atoms with Crippen molar-refractivity contribution < 1.29 is 18.7 Å². The summed E-state index contributed by atoms with van der Waals surface area (Å²) in [6, 6.07) is 10.3. The summed E-state index contributed by atoms with van der Waals surface area (Å²) in [6.45, 7) is 7.83. The van der Waals surface area contributed by atoms with E-state index >= 15 is 0 Å². The van der Waals surface area contributed by atoms with Crippen molar-refractivity contribution >= 4 is 28.7 Å². The van der Waals surface area contributed by atoms with Gasteiger partial charge in [0.05, 0.1) is 12.0 Å². The van der Waals surface area contributed by atoms with Crippen LogP contribution in [0.25, 0.3) is 22.3 Å². The Hall–Kier alpha value is -2.79. The Morgan fingerprint density at radius 3 is 2.39 bits per heavy atom. The smallest absolute Gasteiger partial charge is 0.452 e. The number of ether oxygens (including phenoxy) is 2. The van der Waals surface area contributed by atoms with Gasteiger partial charge >= 0.3 is 6.16 Å². The first kappa shape index (κ1) is 20.0. The molecule has 1 heterocycles. The Labute approximate surface area is 167 Å². The lowest BCUT2D eigenvalue weighted by Crippen LogP contribution is -2.19. The van der Waals surface area contributed by atoms with Crippen molar-refractivity contribution in [2.75, 3.05) is 6.61 Å². The van der Waals surface area contributed by atoms with E-state index in [9.17, 15) is 9.59 Å². The van der Waals surface area contributed by atoms with Crippen molar-refractivity contribution in [3.63, 3.8) is 0 Å². The number of carbonyl (C=O) groups excluding carboxylic acids is 1. The number of halogens is 1. The van der Waals surface area contributed by atoms with E-state index in [1.54, 1.807) is 36.4 Å². The molecule has 0 bridgehead atoms. The number of hydrogen-bond acceptors (Lipinski definition) is 5. The summed E-state index contributed by atoms with van der Waals surface area (Å²) in [4.78, 5) is 25.2. The van der Waals surface area contributed by atoms with Gasteiger partial charge in [-0.1, -0.05) is 25.4 Å². The second kappa shape index (κ2) is 8.07. The van der Waals surface area contributed by atoms with Crippen molar-refractivity contribution in [3.8, 4) is 17.1 Å². The van der Waals surface area contributed by atoms with Gasteiger partial charge in [-0.15, -0.1) is 0 Å². The van der Waals surface area contributed by atoms with Gasteiger partial charge in [0.2, 0.25) is 11.2 Å². The maximum absolute atomic E-state index is 13.1. The largest absolute Gasteiger partial charge is 0.514 e. The summed E-state index contributed by atoms with van der Waals surface area (Å²) < 4.78 is 16.3. The summed E-state index contributed by atoms with van der Waals surface area (Å²) in [6.07, 6.45) is -0.945. The average molecular weight is 401 g/mol. The molecule has 0 saturated heterocycles. The summed E-state index contributed by atoms with van der Waals surface area (Å²) >= 11 is 5.96. The highest BCUT2D eigenvalue weighted by atomic mass is 35.5. The molecule has 0 aliphatic heterocycles. The first-order valence-electron chi connectivity index (χ1n) is 8.95. The molecule has 0 aliphatic carbocycles. The fraction of sp³-hybridized carbons (Fsp3) is 0.273. The summed E-state index contributed by atoms with van der Waals surface area (Å²) in [5.74, 6) is 0.0904. The molecule has 0 atom stereocenters. The van der Waals surface area contributed by atoms with Gasteiger partial charge in [0, 0.05) is 10.6 Å². The molecule has 0 spiro atoms. The Kier molecular flexibility index (Phi) is 5.75. The molecule has 1 aromatic heterocycles. The Balaban J connectivity index is 2.17. The molecule has 0 unspecified atom stereocenters. The SMILES string of the molecule is Cc1cc2oc(-c3ccc(Cl)cc3)c(OC(=O)OCC(C)C)c(=O)c2cc1C. The lowest BCUT2D eigenvalue weighted by atomic mass is 10.0. The van der Waals surface area contributed by atoms with Gasteiger partial charge < -0.3 is 13.9 Å². The molecule has 2 aromatic carbocycles. The van der Waals surface area contributed by atoms with Gasteiger partial charge in [-0.2, -0.15) is 0 Å². The molecule has 0 fully saturated rings. The maximum Gasteiger partial charge on any atom is 0.514 e. The van der Waals surface area contributed by atoms with Crippen LogP contribution in [0.3, 0.4) is 0 Å². The van der Waals surface area contributed by atoms with Crippen LogP contribution in [-0.4, -0.2) is 12.8 Å². The normalized spacial score (nSPS) is 11.1. The number of benzene rings is 2. The minimum atomic E-state index is -0.945. The van der Waals surface area contributed by atoms with E-state index < -0.39 is 11.6 Å². The number of hydrogen-bond donors (Lipinski definition) is 0. The Morgan fingerprint density at radius 1 is 1.11 bits per heavy atom. The lowest BCUT2D eigenvalue weighted by Gasteiger charge is -2.12. The van der Waals surface area contributed by atoms with E-state index in [-0.39, 0.29) is 24.0 Å². The van der Waals surface area contributed by atoms with Gasteiger partial charge in [0.15, 0.2) is 5.76 Å². The van der Waals surface area contributed by atoms with E-state index in [4.69, 9.17) is 25.5 Å². The molecule has 0 saturated carbocycles. The molecular formula is C22H21ClO5. The third-order valence-electron chi connectivity index (χ3n) is 4.29. The van der Waals surface area contributed by atoms with E-state index in [1.807, 2.05) is 27.7 Å². The summed E-state index contributed by atoms with van der Waals surface area (Å²) in [7, 11) is 0. The Bertz CT molecular complexity index is 1080. The minimum Gasteiger partial charge on any atom is -0.452 e. The molecule has 0 N–H and O–H groups in total. The van der Waals surface area contributed by atoms with Gasteiger partial charge in [-0.25, -0.2) is 4.79 Å². The van der Waals surface area contributed by atoms with Crippen LogP contribution < -0.4 is 10.2 Å². The number of fused-ring (bicyclic) bond motifs is 1. The first-order chi connectivity index (χ1) is 13.3. The van der Waals surface area contributed by atoms with Crippen LogP contribution in [0.5, 0.6) is 5.75 Å². The van der Waals surface area contributed by atoms with E-state index in [2.05, 4.69) is 0 Å². The third-order valence-corrected chi connectivity index (χ3v) is 4.54. The molecule has 6 heteroatoms. The van der Waals surface area contributed by atoms with Crippen LogP contribution in [0.4, 0.5) is 4.79 Å². The lowest BCUT2D eigenvalue weighted by molar-refractivity contribution is 0.0879. The van der Waals surface area contributed by atoms with Gasteiger partial charge in [0.25, 0.3) is 0 Å². The van der Waals surface area contributed by atoms with Crippen LogP contribution in [-0.2, 0) is 4.74 Å². The summed E-state index contributed by atoms with van der Waals surface area (Å²) in [5.41, 5.74) is 2.47. The van der Waals surface area contributed by atoms with Gasteiger partial charge in [-0.05, 0) is 67.3 Å². The second-order valence-corrected chi connectivity index (χ2v) is 7.52. The molecule has 3 rings (SSSR count). The second-order valence-electron chi connectivity index (χ2n) is 7.09. The quantitative estimate of drug-likeness (QED) is 0.510. The van der Waals surface area contributed by atoms with Crippen molar-refractivity contribution in [3.05, 3.63) is 62.8 Å². The Morgan fingerprint density at radius 2 is 1.75 bits per heavy atom. The van der Waals surface area contributed by atoms with Crippen molar-refractivity contribution in [1.82, 2.24) is 0 Å². The molecule has 146 valence electrons. The highest BCUT2D eigenvalue weighted by molar-refractivity contribution is 6.30. The molecule has 5 nitrogen and oxygen atoms in total. The van der Waals surface area contributed by atoms with E-state index in [0.717, 1.165) is 11.1 Å². The van der Waals surface area contributed by atoms with Crippen LogP contribution in [0.15, 0.2) is 45.6 Å². The molecular weight excluding hydrogens is 380 g/mol. The fourth-order valence-corrected chi connectivity index (χ4v) is 2.79. The highest BCUT2D eigenvalue weighted by Crippen LogP contribution is 2.32. The number of carbonyl (C=O) groups is 1. The van der Waals surface area contributed by atoms with Crippen molar-refractivity contribution in [2.45, 2.75) is 27.7 Å². The first-order valence-corrected chi connectivity index (χ1v) is 9.32. The zero-order valence-corrected chi connectivity index (χ0v) is 16.9. The number of rotatable bonds is 4. The predicted octanol–water partition coefficient (Wildman–Crippen LogP) is 5.90. The molecule has 0 radical (unpaired) electrons. The van der Waals surface area contributed by atoms with Gasteiger partial charge in [-0.3, -0.25) is 4.79 Å². The molecule has 0 aliphatic rings. The minimum absolute atomic E-state index is 0.141. The topological polar surface area (TPSA) is 65.7 Å². The monoisotopic (exact) mass is 400 g/mol. The average Bonchev–Trinajstić information content (AvgIpc) is 2.65. The molecule has 3 aromatic rings. The van der Waals surface area contributed by atoms with Crippen LogP contribution in [0.2, 0.25) is 5.02 Å². The molecule has 28 heavy (non-hydrogen) atoms. The maximum atomic E-state index is 13.1. The van der Waals surface area contributed by atoms with Crippen molar-refractivity contribution in [1.29, 1.82) is 0 Å². The molecule has 0 amide bonds. The zero-order valence-electron chi connectivity index (χ0n) is 16.2. The van der Waals surface area contributed by atoms with Crippen LogP contribution >= 0.6 is 11.6 Å². The fourth-order valence-electron chi connectivity index (χ4n) is 2.66. The van der Waals surface area contributed by atoms with Crippen LogP contribution in [0.1, 0.15) is 25.0 Å². The zero-order chi connectivity index (χ0) is 20.4. The predicted molar refractivity (Wildman–Crippen MR) is 109 cm³/mol. The van der Waals surface area contributed by atoms with Gasteiger partial charge in [0.1, 0.15) is 5.58 Å². The van der Waals surface area contributed by atoms with Crippen molar-refractivity contribution in [2.24, 2.45) is 5.92 Å². The van der Waals surface area contributed by atoms with E-state index in [1.165, 1.54) is 0 Å².